The summed E-state index contributed by atoms with van der Waals surface area (Å²) in [6.45, 7) is 1.11. The summed E-state index contributed by atoms with van der Waals surface area (Å²) in [5, 5.41) is 11.2. The molecule has 0 radical (unpaired) electrons. The Morgan fingerprint density at radius 2 is 1.83 bits per heavy atom. The first-order chi connectivity index (χ1) is 14.8. The van der Waals surface area contributed by atoms with E-state index in [1.807, 2.05) is 83.6 Å². The van der Waals surface area contributed by atoms with Crippen LogP contribution in [0.3, 0.4) is 0 Å². The normalized spacial score (nSPS) is 12.1. The molecule has 7 nitrogen and oxygen atoms in total. The molecule has 0 fully saturated rings. The Hall–Kier alpha value is -4.00. The van der Waals surface area contributed by atoms with Crippen molar-refractivity contribution < 1.29 is 4.79 Å². The van der Waals surface area contributed by atoms with Gasteiger partial charge < -0.3 is 9.88 Å². The van der Waals surface area contributed by atoms with E-state index in [1.165, 1.54) is 0 Å². The van der Waals surface area contributed by atoms with Crippen LogP contribution in [-0.4, -0.2) is 30.5 Å². The molecule has 150 valence electrons. The Morgan fingerprint density at radius 1 is 1.07 bits per heavy atom. The molecule has 4 rings (SSSR count). The lowest BCUT2D eigenvalue weighted by atomic mass is 10.1. The van der Waals surface area contributed by atoms with Crippen molar-refractivity contribution >= 4 is 12.0 Å². The van der Waals surface area contributed by atoms with E-state index in [0.29, 0.717) is 13.1 Å². The van der Waals surface area contributed by atoms with Crippen molar-refractivity contribution in [2.24, 2.45) is 0 Å². The van der Waals surface area contributed by atoms with Gasteiger partial charge in [-0.05, 0) is 11.1 Å². The van der Waals surface area contributed by atoms with Gasteiger partial charge in [0.05, 0.1) is 25.1 Å². The molecule has 2 heterocycles. The molecule has 7 heteroatoms. The largest absolute Gasteiger partial charge is 0.342 e. The standard InChI is InChI=1S/C23H22N6O/c30-23(22-17-29(27-26-22)14-7-10-19-8-3-1-4-9-19)25-21(16-28-15-13-24-18-28)20-11-5-2-6-12-20/h1-13,15,17-18,21H,14,16H2,(H,25,30)/b10-7+. The molecule has 2 aromatic carbocycles. The zero-order chi connectivity index (χ0) is 20.6. The Balaban J connectivity index is 1.42. The molecule has 0 saturated carbocycles. The number of aromatic nitrogens is 5. The SMILES string of the molecule is O=C(NC(Cn1ccnc1)c1ccccc1)c1cn(C/C=C/c2ccccc2)nn1. The first-order valence-corrected chi connectivity index (χ1v) is 9.71. The molecular weight excluding hydrogens is 376 g/mol. The zero-order valence-electron chi connectivity index (χ0n) is 16.4. The van der Waals surface area contributed by atoms with Crippen LogP contribution >= 0.6 is 0 Å². The van der Waals surface area contributed by atoms with Gasteiger partial charge in [0.1, 0.15) is 0 Å². The average Bonchev–Trinajstić information content (AvgIpc) is 3.47. The molecule has 0 bridgehead atoms. The molecule has 1 unspecified atom stereocenters. The van der Waals surface area contributed by atoms with Gasteiger partial charge in [-0.2, -0.15) is 0 Å². The summed E-state index contributed by atoms with van der Waals surface area (Å²) in [7, 11) is 0. The molecule has 30 heavy (non-hydrogen) atoms. The van der Waals surface area contributed by atoms with E-state index in [9.17, 15) is 4.79 Å². The summed E-state index contributed by atoms with van der Waals surface area (Å²) in [4.78, 5) is 16.9. The van der Waals surface area contributed by atoms with E-state index >= 15 is 0 Å². The molecule has 2 aromatic heterocycles. The second kappa shape index (κ2) is 9.47. The van der Waals surface area contributed by atoms with Gasteiger partial charge in [0.15, 0.2) is 5.69 Å². The van der Waals surface area contributed by atoms with Crippen LogP contribution in [0.1, 0.15) is 27.7 Å². The topological polar surface area (TPSA) is 77.6 Å². The van der Waals surface area contributed by atoms with Crippen molar-refractivity contribution in [1.82, 2.24) is 29.9 Å². The zero-order valence-corrected chi connectivity index (χ0v) is 16.4. The maximum absolute atomic E-state index is 12.8. The van der Waals surface area contributed by atoms with Gasteiger partial charge in [-0.25, -0.2) is 9.67 Å². The second-order valence-electron chi connectivity index (χ2n) is 6.84. The number of nitrogens with one attached hydrogen (secondary N) is 1. The van der Waals surface area contributed by atoms with Gasteiger partial charge in [0.25, 0.3) is 5.91 Å². The minimum absolute atomic E-state index is 0.212. The van der Waals surface area contributed by atoms with E-state index in [-0.39, 0.29) is 17.6 Å². The predicted molar refractivity (Wildman–Crippen MR) is 114 cm³/mol. The lowest BCUT2D eigenvalue weighted by molar-refractivity contribution is 0.0927. The van der Waals surface area contributed by atoms with Crippen molar-refractivity contribution in [1.29, 1.82) is 0 Å². The van der Waals surface area contributed by atoms with Crippen molar-refractivity contribution in [3.63, 3.8) is 0 Å². The van der Waals surface area contributed by atoms with Crippen molar-refractivity contribution in [2.45, 2.75) is 19.1 Å². The number of carbonyl (C=O) groups is 1. The molecule has 0 aliphatic rings. The summed E-state index contributed by atoms with van der Waals surface area (Å²) in [5.74, 6) is -0.262. The number of rotatable bonds is 8. The highest BCUT2D eigenvalue weighted by molar-refractivity contribution is 5.92. The highest BCUT2D eigenvalue weighted by atomic mass is 16.2. The average molecular weight is 398 g/mol. The maximum Gasteiger partial charge on any atom is 0.274 e. The summed E-state index contributed by atoms with van der Waals surface area (Å²) in [6, 6.07) is 19.7. The number of hydrogen-bond acceptors (Lipinski definition) is 4. The minimum Gasteiger partial charge on any atom is -0.342 e. The van der Waals surface area contributed by atoms with Gasteiger partial charge in [-0.1, -0.05) is 78.0 Å². The number of benzene rings is 2. The predicted octanol–water partition coefficient (Wildman–Crippen LogP) is 3.36. The summed E-state index contributed by atoms with van der Waals surface area (Å²) in [5.41, 5.74) is 2.41. The van der Waals surface area contributed by atoms with Gasteiger partial charge in [-0.3, -0.25) is 4.79 Å². The van der Waals surface area contributed by atoms with Gasteiger partial charge in [-0.15, -0.1) is 5.10 Å². The highest BCUT2D eigenvalue weighted by Crippen LogP contribution is 2.15. The van der Waals surface area contributed by atoms with Crippen LogP contribution < -0.4 is 5.32 Å². The molecule has 0 aliphatic heterocycles. The van der Waals surface area contributed by atoms with E-state index in [2.05, 4.69) is 20.6 Å². The third-order valence-electron chi connectivity index (χ3n) is 4.63. The van der Waals surface area contributed by atoms with Gasteiger partial charge >= 0.3 is 0 Å². The van der Waals surface area contributed by atoms with E-state index in [4.69, 9.17) is 0 Å². The van der Waals surface area contributed by atoms with Crippen LogP contribution in [0.5, 0.6) is 0 Å². The van der Waals surface area contributed by atoms with Gasteiger partial charge in [0, 0.05) is 18.9 Å². The van der Waals surface area contributed by atoms with Crippen molar-refractivity contribution in [2.75, 3.05) is 0 Å². The Kier molecular flexibility index (Phi) is 6.10. The van der Waals surface area contributed by atoms with Crippen LogP contribution in [0.4, 0.5) is 0 Å². The smallest absolute Gasteiger partial charge is 0.274 e. The lowest BCUT2D eigenvalue weighted by Gasteiger charge is -2.19. The van der Waals surface area contributed by atoms with Crippen LogP contribution in [0.25, 0.3) is 6.08 Å². The lowest BCUT2D eigenvalue weighted by Crippen LogP contribution is -2.31. The molecular formula is C23H22N6O. The van der Waals surface area contributed by atoms with Crippen LogP contribution in [0.15, 0.2) is 91.7 Å². The molecule has 1 amide bonds. The monoisotopic (exact) mass is 398 g/mol. The third-order valence-corrected chi connectivity index (χ3v) is 4.63. The van der Waals surface area contributed by atoms with Crippen LogP contribution in [-0.2, 0) is 13.1 Å². The quantitative estimate of drug-likeness (QED) is 0.494. The Labute approximate surface area is 174 Å². The first-order valence-electron chi connectivity index (χ1n) is 9.71. The number of imidazole rings is 1. The maximum atomic E-state index is 12.8. The molecule has 0 spiro atoms. The molecule has 4 aromatic rings. The van der Waals surface area contributed by atoms with E-state index < -0.39 is 0 Å². The fraction of sp³-hybridized carbons (Fsp3) is 0.130. The minimum atomic E-state index is -0.262. The molecule has 1 N–H and O–H groups in total. The number of carbonyl (C=O) groups excluding carboxylic acids is 1. The second-order valence-corrected chi connectivity index (χ2v) is 6.84. The number of amides is 1. The summed E-state index contributed by atoms with van der Waals surface area (Å²) in [6.07, 6.45) is 11.0. The third kappa shape index (κ3) is 5.08. The van der Waals surface area contributed by atoms with Gasteiger partial charge in [0.2, 0.25) is 0 Å². The number of allylic oxidation sites excluding steroid dienone is 1. The van der Waals surface area contributed by atoms with Crippen LogP contribution in [0.2, 0.25) is 0 Å². The fourth-order valence-electron chi connectivity index (χ4n) is 3.11. The Bertz CT molecular complexity index is 1090. The van der Waals surface area contributed by atoms with Crippen LogP contribution in [0, 0.1) is 0 Å². The van der Waals surface area contributed by atoms with E-state index in [0.717, 1.165) is 11.1 Å². The number of nitrogens with zero attached hydrogens (tertiary/aromatic N) is 5. The van der Waals surface area contributed by atoms with Crippen molar-refractivity contribution in [3.05, 3.63) is 108 Å². The summed E-state index contributed by atoms with van der Waals surface area (Å²) >= 11 is 0. The summed E-state index contributed by atoms with van der Waals surface area (Å²) < 4.78 is 3.57. The molecule has 0 saturated heterocycles. The molecule has 1 atom stereocenters. The van der Waals surface area contributed by atoms with E-state index in [1.54, 1.807) is 23.4 Å². The molecule has 0 aliphatic carbocycles. The number of hydrogen-bond donors (Lipinski definition) is 1. The Morgan fingerprint density at radius 3 is 2.57 bits per heavy atom. The van der Waals surface area contributed by atoms with Crippen molar-refractivity contribution in [3.8, 4) is 0 Å². The first kappa shape index (κ1) is 19.3. The highest BCUT2D eigenvalue weighted by Gasteiger charge is 2.18. The fourth-order valence-corrected chi connectivity index (χ4v) is 3.11.